The quantitative estimate of drug-likeness (QED) is 0.234. The molecule has 31 heavy (non-hydrogen) atoms. The monoisotopic (exact) mass is 468 g/mol. The molecule has 1 heterocycles. The zero-order valence-corrected chi connectivity index (χ0v) is 21.4. The Morgan fingerprint density at radius 3 is 2.81 bits per heavy atom. The molecule has 1 aromatic rings. The second kappa shape index (κ2) is 12.5. The average Bonchev–Trinajstić information content (AvgIpc) is 3.17. The fraction of sp³-hybridized carbons (Fsp3) is 0.680. The third-order valence-electron chi connectivity index (χ3n) is 6.78. The van der Waals surface area contributed by atoms with E-state index in [0.29, 0.717) is 17.9 Å². The van der Waals surface area contributed by atoms with Crippen LogP contribution in [0.25, 0.3) is 0 Å². The Morgan fingerprint density at radius 2 is 2.16 bits per heavy atom. The van der Waals surface area contributed by atoms with Gasteiger partial charge in [-0.15, -0.1) is 0 Å². The summed E-state index contributed by atoms with van der Waals surface area (Å²) in [6, 6.07) is 1.99. The Morgan fingerprint density at radius 1 is 1.39 bits per heavy atom. The van der Waals surface area contributed by atoms with E-state index in [1.807, 2.05) is 6.07 Å². The maximum absolute atomic E-state index is 9.44. The normalized spacial score (nSPS) is 20.5. The fourth-order valence-electron chi connectivity index (χ4n) is 4.81. The molecule has 6 heteroatoms. The average molecular weight is 469 g/mol. The molecule has 0 aromatic carbocycles. The van der Waals surface area contributed by atoms with E-state index in [0.717, 1.165) is 38.5 Å². The van der Waals surface area contributed by atoms with Crippen molar-refractivity contribution in [2.45, 2.75) is 85.5 Å². The second-order valence-corrected chi connectivity index (χ2v) is 12.5. The van der Waals surface area contributed by atoms with Crippen LogP contribution in [-0.4, -0.2) is 16.4 Å². The van der Waals surface area contributed by atoms with Crippen molar-refractivity contribution in [3.63, 3.8) is 0 Å². The minimum absolute atomic E-state index is 0.264. The molecule has 0 bridgehead atoms. The highest BCUT2D eigenvalue weighted by atomic mass is 32.5. The van der Waals surface area contributed by atoms with Gasteiger partial charge in [-0.1, -0.05) is 37.1 Å². The van der Waals surface area contributed by atoms with Crippen LogP contribution in [0.2, 0.25) is 0 Å². The Bertz CT molecular complexity index is 760. The molecule has 2 N–H and O–H groups in total. The smallest absolute Gasteiger partial charge is 0.321 e. The third-order valence-corrected chi connectivity index (χ3v) is 7.58. The molecule has 0 radical (unpaired) electrons. The lowest BCUT2D eigenvalue weighted by Crippen LogP contribution is -2.27. The van der Waals surface area contributed by atoms with Crippen LogP contribution in [0.3, 0.4) is 0 Å². The first-order valence-electron chi connectivity index (χ1n) is 11.6. The highest BCUT2D eigenvalue weighted by molar-refractivity contribution is 8.06. The molecule has 0 saturated carbocycles. The van der Waals surface area contributed by atoms with Crippen molar-refractivity contribution in [2.24, 2.45) is 17.3 Å². The maximum Gasteiger partial charge on any atom is 0.321 e. The summed E-state index contributed by atoms with van der Waals surface area (Å²) in [7, 11) is 0. The third kappa shape index (κ3) is 10.2. The predicted octanol–water partition coefficient (Wildman–Crippen LogP) is 7.33. The van der Waals surface area contributed by atoms with Crippen LogP contribution in [-0.2, 0) is 22.8 Å². The second-order valence-electron chi connectivity index (χ2n) is 9.87. The van der Waals surface area contributed by atoms with Gasteiger partial charge >= 0.3 is 6.72 Å². The molecule has 2 unspecified atom stereocenters. The Labute approximate surface area is 194 Å². The predicted molar refractivity (Wildman–Crippen MR) is 132 cm³/mol. The summed E-state index contributed by atoms with van der Waals surface area (Å²) >= 11 is 4.63. The molecule has 0 fully saturated rings. The maximum atomic E-state index is 9.44. The summed E-state index contributed by atoms with van der Waals surface area (Å²) in [5.74, 6) is 0.937. The molecule has 2 rings (SSSR count). The number of furan rings is 1. The molecule has 1 aliphatic carbocycles. The molecule has 0 aliphatic heterocycles. The van der Waals surface area contributed by atoms with Gasteiger partial charge in [-0.3, -0.25) is 0 Å². The van der Waals surface area contributed by atoms with Crippen molar-refractivity contribution < 1.29 is 18.7 Å². The molecule has 1 aliphatic rings. The number of hydrogen-bond donors (Lipinski definition) is 2. The standard InChI is InChI=1S/C25H41O4PS/c1-20(13-14-24-21(2)9-7-16-25(24,3)4)8-5-10-22(19-29-30(26,27)31)11-6-12-23-15-17-28-18-23/h8-9,15,17-18,22,24H,5-7,10-14,16,19H2,1-4H3,(H2,26,27,31)/b20-8+. The number of hydrogen-bond acceptors (Lipinski definition) is 3. The van der Waals surface area contributed by atoms with Gasteiger partial charge < -0.3 is 18.7 Å². The molecule has 0 spiro atoms. The Kier molecular flexibility index (Phi) is 10.7. The van der Waals surface area contributed by atoms with Gasteiger partial charge in [-0.05, 0) is 112 Å². The molecule has 2 atom stereocenters. The molecule has 0 amide bonds. The zero-order valence-electron chi connectivity index (χ0n) is 19.7. The number of allylic oxidation sites excluding steroid dienone is 4. The molecule has 4 nitrogen and oxygen atoms in total. The molecule has 176 valence electrons. The molecule has 0 saturated heterocycles. The van der Waals surface area contributed by atoms with E-state index in [9.17, 15) is 9.79 Å². The molecule has 1 aromatic heterocycles. The van der Waals surface area contributed by atoms with Gasteiger partial charge in [0.1, 0.15) is 0 Å². The van der Waals surface area contributed by atoms with Gasteiger partial charge in [0.05, 0.1) is 19.1 Å². The van der Waals surface area contributed by atoms with Gasteiger partial charge in [0.25, 0.3) is 0 Å². The number of rotatable bonds is 13. The van der Waals surface area contributed by atoms with Crippen molar-refractivity contribution in [1.29, 1.82) is 0 Å². The highest BCUT2D eigenvalue weighted by Gasteiger charge is 2.32. The zero-order chi connectivity index (χ0) is 22.9. The first kappa shape index (κ1) is 26.5. The lowest BCUT2D eigenvalue weighted by Gasteiger charge is -2.38. The van der Waals surface area contributed by atoms with E-state index in [2.05, 4.69) is 51.7 Å². The summed E-state index contributed by atoms with van der Waals surface area (Å²) in [6.07, 6.45) is 18.0. The van der Waals surface area contributed by atoms with Gasteiger partial charge in [0, 0.05) is 0 Å². The topological polar surface area (TPSA) is 62.8 Å². The van der Waals surface area contributed by atoms with Crippen LogP contribution >= 0.6 is 6.72 Å². The van der Waals surface area contributed by atoms with Crippen molar-refractivity contribution >= 4 is 18.5 Å². The minimum Gasteiger partial charge on any atom is -0.472 e. The van der Waals surface area contributed by atoms with Crippen LogP contribution < -0.4 is 0 Å². The highest BCUT2D eigenvalue weighted by Crippen LogP contribution is 2.43. The summed E-state index contributed by atoms with van der Waals surface area (Å²) in [5, 5.41) is 0. The Balaban J connectivity index is 1.81. The summed E-state index contributed by atoms with van der Waals surface area (Å²) in [4.78, 5) is 18.9. The summed E-state index contributed by atoms with van der Waals surface area (Å²) in [5.41, 5.74) is 4.59. The minimum atomic E-state index is -3.60. The van der Waals surface area contributed by atoms with Gasteiger partial charge in [-0.25, -0.2) is 0 Å². The van der Waals surface area contributed by atoms with E-state index in [-0.39, 0.29) is 5.92 Å². The van der Waals surface area contributed by atoms with E-state index in [1.54, 1.807) is 18.1 Å². The van der Waals surface area contributed by atoms with Crippen molar-refractivity contribution in [2.75, 3.05) is 6.61 Å². The van der Waals surface area contributed by atoms with E-state index >= 15 is 0 Å². The van der Waals surface area contributed by atoms with E-state index in [4.69, 9.17) is 8.94 Å². The van der Waals surface area contributed by atoms with Crippen LogP contribution in [0.5, 0.6) is 0 Å². The Hall–Kier alpha value is -0.710. The molecular formula is C25H41O4PS. The van der Waals surface area contributed by atoms with Crippen LogP contribution in [0.4, 0.5) is 0 Å². The van der Waals surface area contributed by atoms with E-state index < -0.39 is 6.72 Å². The summed E-state index contributed by atoms with van der Waals surface area (Å²) in [6.45, 7) is 6.06. The SMILES string of the molecule is CC1=CCCC(C)(C)C1CC/C(C)=C/CCC(CCCc1ccoc1)COP(O)(O)=S. The summed E-state index contributed by atoms with van der Waals surface area (Å²) < 4.78 is 10.3. The van der Waals surface area contributed by atoms with Crippen LogP contribution in [0.1, 0.15) is 84.6 Å². The van der Waals surface area contributed by atoms with Gasteiger partial charge in [-0.2, -0.15) is 0 Å². The number of aryl methyl sites for hydroxylation is 1. The lowest BCUT2D eigenvalue weighted by atomic mass is 9.67. The molecular weight excluding hydrogens is 427 g/mol. The van der Waals surface area contributed by atoms with E-state index in [1.165, 1.54) is 30.4 Å². The van der Waals surface area contributed by atoms with Gasteiger partial charge in [0.2, 0.25) is 0 Å². The lowest BCUT2D eigenvalue weighted by molar-refractivity contribution is 0.196. The van der Waals surface area contributed by atoms with Crippen LogP contribution in [0, 0.1) is 17.3 Å². The van der Waals surface area contributed by atoms with Gasteiger partial charge in [0.15, 0.2) is 0 Å². The largest absolute Gasteiger partial charge is 0.472 e. The van der Waals surface area contributed by atoms with Crippen molar-refractivity contribution in [3.8, 4) is 0 Å². The first-order chi connectivity index (χ1) is 14.6. The van der Waals surface area contributed by atoms with Crippen LogP contribution in [0.15, 0.2) is 46.3 Å². The van der Waals surface area contributed by atoms with Crippen molar-refractivity contribution in [1.82, 2.24) is 0 Å². The first-order valence-corrected chi connectivity index (χ1v) is 14.2. The van der Waals surface area contributed by atoms with Crippen molar-refractivity contribution in [3.05, 3.63) is 47.5 Å². The fourth-order valence-corrected chi connectivity index (χ4v) is 5.39.